The Hall–Kier alpha value is -2.55. The number of carbonyl (C=O) groups is 2. The number of hydrogen-bond acceptors (Lipinski definition) is 7. The molecular weight excluding hydrogens is 1000 g/mol. The van der Waals surface area contributed by atoms with Crippen molar-refractivity contribution in [1.82, 2.24) is 5.32 Å². The third-order valence-corrected chi connectivity index (χ3v) is 15.6. The number of hydrogen-bond donors (Lipinski definition) is 1. The number of quaternary nitrogens is 1. The zero-order valence-electron chi connectivity index (χ0n) is 52.6. The lowest BCUT2D eigenvalue weighted by atomic mass is 10.0. The molecule has 0 radical (unpaired) electrons. The predicted molar refractivity (Wildman–Crippen MR) is 339 cm³/mol. The maximum atomic E-state index is 13.6. The van der Waals surface area contributed by atoms with Crippen molar-refractivity contribution in [2.45, 2.75) is 315 Å². The summed E-state index contributed by atoms with van der Waals surface area (Å²) in [6, 6.07) is -0.903. The molecule has 460 valence electrons. The van der Waals surface area contributed by atoms with Gasteiger partial charge in [0.15, 0.2) is 0 Å². The Morgan fingerprint density at radius 1 is 0.456 bits per heavy atom. The number of rotatable bonds is 60. The van der Waals surface area contributed by atoms with Crippen molar-refractivity contribution in [3.63, 3.8) is 0 Å². The van der Waals surface area contributed by atoms with Crippen LogP contribution >= 0.6 is 7.82 Å². The van der Waals surface area contributed by atoms with Gasteiger partial charge in [-0.2, -0.15) is 0 Å². The van der Waals surface area contributed by atoms with Gasteiger partial charge in [0.05, 0.1) is 33.8 Å². The van der Waals surface area contributed by atoms with E-state index in [1.54, 1.807) is 0 Å². The van der Waals surface area contributed by atoms with E-state index >= 15 is 0 Å². The van der Waals surface area contributed by atoms with E-state index in [0.29, 0.717) is 23.9 Å². The molecule has 0 aromatic rings. The molecule has 0 aliphatic heterocycles. The number of phosphoric ester groups is 1. The average molecular weight is 1130 g/mol. The van der Waals surface area contributed by atoms with Gasteiger partial charge in [-0.05, 0) is 76.7 Å². The van der Waals surface area contributed by atoms with Crippen molar-refractivity contribution >= 4 is 19.7 Å². The summed E-state index contributed by atoms with van der Waals surface area (Å²) in [5.74, 6) is -0.571. The van der Waals surface area contributed by atoms with Crippen molar-refractivity contribution < 1.29 is 37.3 Å². The highest BCUT2D eigenvalue weighted by Gasteiger charge is 2.27. The van der Waals surface area contributed by atoms with Gasteiger partial charge in [0.2, 0.25) is 5.91 Å². The number of carbonyl (C=O) groups excluding carboxylic acids is 2. The van der Waals surface area contributed by atoms with Gasteiger partial charge in [-0.25, -0.2) is 0 Å². The molecule has 0 saturated heterocycles. The van der Waals surface area contributed by atoms with E-state index in [1.807, 2.05) is 33.3 Å². The minimum atomic E-state index is -4.71. The monoisotopic (exact) mass is 1130 g/mol. The lowest BCUT2D eigenvalue weighted by molar-refractivity contribution is -0.870. The molecule has 0 aliphatic carbocycles. The molecule has 3 unspecified atom stereocenters. The summed E-state index contributed by atoms with van der Waals surface area (Å²) >= 11 is 0. The van der Waals surface area contributed by atoms with Crippen LogP contribution in [0.1, 0.15) is 303 Å². The van der Waals surface area contributed by atoms with E-state index in [0.717, 1.165) is 89.9 Å². The van der Waals surface area contributed by atoms with Gasteiger partial charge in [0.1, 0.15) is 19.3 Å². The van der Waals surface area contributed by atoms with Crippen LogP contribution in [-0.2, 0) is 27.9 Å². The van der Waals surface area contributed by atoms with Crippen molar-refractivity contribution in [1.29, 1.82) is 0 Å². The first kappa shape index (κ1) is 76.5. The number of likely N-dealkylation sites (N-methyl/N-ethyl adjacent to an activating group) is 1. The summed E-state index contributed by atoms with van der Waals surface area (Å²) in [6.45, 7) is 6.73. The summed E-state index contributed by atoms with van der Waals surface area (Å²) < 4.78 is 30.3. The molecule has 0 spiro atoms. The molecule has 0 rings (SSSR count). The molecule has 1 amide bonds. The van der Waals surface area contributed by atoms with Crippen molar-refractivity contribution in [3.05, 3.63) is 72.9 Å². The fourth-order valence-corrected chi connectivity index (χ4v) is 10.3. The van der Waals surface area contributed by atoms with Gasteiger partial charge in [0.25, 0.3) is 7.82 Å². The highest BCUT2D eigenvalue weighted by atomic mass is 31.2. The fourth-order valence-electron chi connectivity index (χ4n) is 9.55. The Kier molecular flexibility index (Phi) is 56.7. The normalized spacial score (nSPS) is 14.1. The van der Waals surface area contributed by atoms with Crippen LogP contribution in [0, 0.1) is 0 Å². The standard InChI is InChI=1S/C69H127N2O7P/c1-7-10-13-16-19-22-25-27-29-31-33-34-35-36-38-39-41-43-46-49-52-55-58-61-68(72)70-66(65-77-79(74,75)76-64-63-71(4,5)6)67(60-57-54-51-48-45-24-21-18-15-12-9-3)78-69(73)62-59-56-53-50-47-44-42-40-37-32-30-28-26-23-20-17-14-11-8-2/h11,14,20,23,28,30,37,40,44,47,57,60,66-67H,7-10,12-13,15-19,21-22,24-27,29,31-36,38-39,41-43,45-46,48-56,58-59,61-65H2,1-6H3,(H-,70,72,74,75)/b14-11-,23-20-,30-28-,40-37-,47-44-,60-57+. The lowest BCUT2D eigenvalue weighted by Crippen LogP contribution is -2.47. The first-order valence-corrected chi connectivity index (χ1v) is 34.7. The Balaban J connectivity index is 5.14. The highest BCUT2D eigenvalue weighted by molar-refractivity contribution is 7.45. The number of ether oxygens (including phenoxy) is 1. The lowest BCUT2D eigenvalue weighted by Gasteiger charge is -2.30. The quantitative estimate of drug-likeness (QED) is 0.0212. The summed E-state index contributed by atoms with van der Waals surface area (Å²) in [6.07, 6.45) is 76.0. The van der Waals surface area contributed by atoms with Gasteiger partial charge in [-0.1, -0.05) is 287 Å². The van der Waals surface area contributed by atoms with E-state index in [1.165, 1.54) is 173 Å². The summed E-state index contributed by atoms with van der Waals surface area (Å²) in [5.41, 5.74) is 0. The minimum Gasteiger partial charge on any atom is -0.756 e. The van der Waals surface area contributed by atoms with E-state index in [-0.39, 0.29) is 24.9 Å². The van der Waals surface area contributed by atoms with Crippen molar-refractivity contribution in [2.24, 2.45) is 0 Å². The molecule has 0 fully saturated rings. The molecule has 0 aliphatic rings. The number of amides is 1. The first-order valence-electron chi connectivity index (χ1n) is 33.2. The molecule has 0 aromatic carbocycles. The number of unbranched alkanes of at least 4 members (excludes halogenated alkanes) is 34. The fraction of sp³-hybridized carbons (Fsp3) is 0.797. The van der Waals surface area contributed by atoms with Crippen LogP contribution in [0.3, 0.4) is 0 Å². The van der Waals surface area contributed by atoms with Crippen LogP contribution in [0.25, 0.3) is 0 Å². The predicted octanol–water partition coefficient (Wildman–Crippen LogP) is 20.2. The van der Waals surface area contributed by atoms with Crippen molar-refractivity contribution in [2.75, 3.05) is 40.9 Å². The molecule has 1 N–H and O–H groups in total. The average Bonchev–Trinajstić information content (AvgIpc) is 3.41. The zero-order valence-corrected chi connectivity index (χ0v) is 53.5. The first-order chi connectivity index (χ1) is 38.4. The molecule has 0 saturated carbocycles. The molecular formula is C69H127N2O7P. The van der Waals surface area contributed by atoms with E-state index in [9.17, 15) is 19.0 Å². The maximum absolute atomic E-state index is 13.6. The van der Waals surface area contributed by atoms with Crippen molar-refractivity contribution in [3.8, 4) is 0 Å². The van der Waals surface area contributed by atoms with Crippen LogP contribution in [0.5, 0.6) is 0 Å². The van der Waals surface area contributed by atoms with Crippen LogP contribution in [-0.4, -0.2) is 69.4 Å². The SMILES string of the molecule is CC/C=C\C/C=C\C/C=C\C/C=C\C/C=C\CCCCCC(=O)OC(/C=C/CCCCCCCCCCC)C(COP(=O)([O-])OCC[N+](C)(C)C)NC(=O)CCCCCCCCCCCCCCCCCCCCCCCCC. The molecule has 3 atom stereocenters. The highest BCUT2D eigenvalue weighted by Crippen LogP contribution is 2.38. The number of allylic oxidation sites excluding steroid dienone is 11. The molecule has 0 bridgehead atoms. The maximum Gasteiger partial charge on any atom is 0.306 e. The van der Waals surface area contributed by atoms with Gasteiger partial charge in [-0.15, -0.1) is 0 Å². The second kappa shape index (κ2) is 58.6. The van der Waals surface area contributed by atoms with Crippen LogP contribution in [0.15, 0.2) is 72.9 Å². The molecule has 0 heterocycles. The number of esters is 1. The van der Waals surface area contributed by atoms with Gasteiger partial charge < -0.3 is 28.5 Å². The topological polar surface area (TPSA) is 114 Å². The van der Waals surface area contributed by atoms with E-state index < -0.39 is 26.6 Å². The second-order valence-electron chi connectivity index (χ2n) is 23.6. The smallest absolute Gasteiger partial charge is 0.306 e. The van der Waals surface area contributed by atoms with Crippen LogP contribution < -0.4 is 10.2 Å². The van der Waals surface area contributed by atoms with E-state index in [2.05, 4.69) is 86.8 Å². The second-order valence-corrected chi connectivity index (χ2v) is 25.0. The van der Waals surface area contributed by atoms with Gasteiger partial charge >= 0.3 is 5.97 Å². The minimum absolute atomic E-state index is 0.0288. The molecule has 10 heteroatoms. The van der Waals surface area contributed by atoms with Gasteiger partial charge in [0, 0.05) is 12.8 Å². The number of nitrogens with zero attached hydrogens (tertiary/aromatic N) is 1. The van der Waals surface area contributed by atoms with Crippen LogP contribution in [0.4, 0.5) is 0 Å². The Morgan fingerprint density at radius 2 is 0.810 bits per heavy atom. The molecule has 0 aromatic heterocycles. The zero-order chi connectivity index (χ0) is 57.9. The summed E-state index contributed by atoms with van der Waals surface area (Å²) in [5, 5.41) is 3.03. The summed E-state index contributed by atoms with van der Waals surface area (Å²) in [4.78, 5) is 40.0. The number of phosphoric acid groups is 1. The third-order valence-electron chi connectivity index (χ3n) is 14.7. The molecule has 9 nitrogen and oxygen atoms in total. The molecule has 79 heavy (non-hydrogen) atoms. The largest absolute Gasteiger partial charge is 0.756 e. The Labute approximate surface area is 489 Å². The van der Waals surface area contributed by atoms with E-state index in [4.69, 9.17) is 13.8 Å². The van der Waals surface area contributed by atoms with Gasteiger partial charge in [-0.3, -0.25) is 14.2 Å². The Morgan fingerprint density at radius 3 is 1.23 bits per heavy atom. The Bertz CT molecular complexity index is 1580. The van der Waals surface area contributed by atoms with Crippen LogP contribution in [0.2, 0.25) is 0 Å². The summed E-state index contributed by atoms with van der Waals surface area (Å²) in [7, 11) is 1.17. The number of nitrogens with one attached hydrogen (secondary N) is 1. The third kappa shape index (κ3) is 59.9.